The maximum Gasteiger partial charge on any atom is 0.352 e. The summed E-state index contributed by atoms with van der Waals surface area (Å²) in [6.07, 6.45) is 0. The van der Waals surface area contributed by atoms with Gasteiger partial charge in [0.15, 0.2) is 0 Å². The summed E-state index contributed by atoms with van der Waals surface area (Å²) in [6.45, 7) is 13.7. The van der Waals surface area contributed by atoms with Crippen LogP contribution >= 0.6 is 12.4 Å². The molecule has 0 aliphatic carbocycles. The third-order valence-electron chi connectivity index (χ3n) is 1.58. The molecule has 0 bridgehead atoms. The van der Waals surface area contributed by atoms with E-state index in [1.807, 2.05) is 27.7 Å². The van der Waals surface area contributed by atoms with Crippen molar-refractivity contribution in [3.8, 4) is 0 Å². The van der Waals surface area contributed by atoms with Crippen LogP contribution in [0.2, 0.25) is 0 Å². The maximum atomic E-state index is 11.2. The predicted molar refractivity (Wildman–Crippen MR) is 60.3 cm³/mol. The first-order valence-corrected chi connectivity index (χ1v) is 4.44. The van der Waals surface area contributed by atoms with E-state index < -0.39 is 0 Å². The van der Waals surface area contributed by atoms with Crippen LogP contribution in [0.4, 0.5) is 0 Å². The van der Waals surface area contributed by atoms with Gasteiger partial charge >= 0.3 is 5.97 Å². The molecule has 3 nitrogen and oxygen atoms in total. The first kappa shape index (κ1) is 15.9. The molecule has 0 spiro atoms. The van der Waals surface area contributed by atoms with Gasteiger partial charge in [-0.1, -0.05) is 6.58 Å². The summed E-state index contributed by atoms with van der Waals surface area (Å²) in [6, 6.07) is 0. The van der Waals surface area contributed by atoms with Crippen molar-refractivity contribution in [2.24, 2.45) is 0 Å². The van der Waals surface area contributed by atoms with Crippen molar-refractivity contribution in [2.45, 2.75) is 40.2 Å². The number of hydroxylamine groups is 2. The summed E-state index contributed by atoms with van der Waals surface area (Å²) in [4.78, 5) is 16.3. The van der Waals surface area contributed by atoms with Gasteiger partial charge in [-0.05, 0) is 34.6 Å². The molecule has 0 radical (unpaired) electrons. The summed E-state index contributed by atoms with van der Waals surface area (Å²) in [5, 5.41) is 1.64. The average Bonchev–Trinajstić information content (AvgIpc) is 1.96. The maximum absolute atomic E-state index is 11.2. The number of halogens is 1. The molecule has 84 valence electrons. The highest BCUT2D eigenvalue weighted by Gasteiger charge is 2.23. The van der Waals surface area contributed by atoms with E-state index in [1.54, 1.807) is 12.0 Å². The monoisotopic (exact) mass is 221 g/mol. The Morgan fingerprint density at radius 1 is 1.43 bits per heavy atom. The fraction of sp³-hybridized carbons (Fsp3) is 0.700. The molecule has 0 saturated heterocycles. The lowest BCUT2D eigenvalue weighted by atomic mass is 10.1. The molecule has 14 heavy (non-hydrogen) atoms. The molecule has 0 rings (SSSR count). The second kappa shape index (κ2) is 6.04. The Hall–Kier alpha value is -0.540. The number of nitrogens with zero attached hydrogens (tertiary/aromatic N) is 1. The molecule has 0 atom stereocenters. The predicted octanol–water partition coefficient (Wildman–Crippen LogP) is 2.56. The first-order chi connectivity index (χ1) is 5.79. The molecule has 0 unspecified atom stereocenters. The van der Waals surface area contributed by atoms with Gasteiger partial charge in [0.2, 0.25) is 0 Å². The quantitative estimate of drug-likeness (QED) is 0.542. The SMILES string of the molecule is C=C(C)C(=O)ON(CC)C(C)(C)C.Cl. The van der Waals surface area contributed by atoms with E-state index in [9.17, 15) is 4.79 Å². The summed E-state index contributed by atoms with van der Waals surface area (Å²) < 4.78 is 0. The fourth-order valence-corrected chi connectivity index (χ4v) is 0.854. The zero-order chi connectivity index (χ0) is 10.6. The van der Waals surface area contributed by atoms with Gasteiger partial charge in [-0.15, -0.1) is 17.5 Å². The van der Waals surface area contributed by atoms with Crippen LogP contribution in [0.25, 0.3) is 0 Å². The van der Waals surface area contributed by atoms with Gasteiger partial charge in [-0.2, -0.15) is 0 Å². The van der Waals surface area contributed by atoms with E-state index in [4.69, 9.17) is 4.84 Å². The Morgan fingerprint density at radius 2 is 1.86 bits per heavy atom. The third-order valence-corrected chi connectivity index (χ3v) is 1.58. The Labute approximate surface area is 92.5 Å². The van der Waals surface area contributed by atoms with Gasteiger partial charge in [0.1, 0.15) is 0 Å². The summed E-state index contributed by atoms with van der Waals surface area (Å²) in [5.41, 5.74) is 0.252. The molecule has 0 aromatic rings. The van der Waals surface area contributed by atoms with Crippen molar-refractivity contribution in [1.82, 2.24) is 5.06 Å². The van der Waals surface area contributed by atoms with Crippen LogP contribution in [-0.4, -0.2) is 23.1 Å². The van der Waals surface area contributed by atoms with Crippen LogP contribution in [0, 0.1) is 0 Å². The fourth-order valence-electron chi connectivity index (χ4n) is 0.854. The smallest absolute Gasteiger partial charge is 0.352 e. The Balaban J connectivity index is 0. The number of hydrogen-bond donors (Lipinski definition) is 0. The van der Waals surface area contributed by atoms with Crippen molar-refractivity contribution in [3.63, 3.8) is 0 Å². The molecule has 0 saturated carbocycles. The molecule has 0 aliphatic heterocycles. The second-order valence-corrected chi connectivity index (χ2v) is 4.02. The van der Waals surface area contributed by atoms with E-state index in [0.717, 1.165) is 0 Å². The summed E-state index contributed by atoms with van der Waals surface area (Å²) >= 11 is 0. The van der Waals surface area contributed by atoms with Gasteiger partial charge in [0.25, 0.3) is 0 Å². The van der Waals surface area contributed by atoms with E-state index in [0.29, 0.717) is 12.1 Å². The topological polar surface area (TPSA) is 29.5 Å². The van der Waals surface area contributed by atoms with Crippen molar-refractivity contribution in [2.75, 3.05) is 6.54 Å². The number of carbonyl (C=O) groups excluding carboxylic acids is 1. The van der Waals surface area contributed by atoms with Crippen LogP contribution in [0.1, 0.15) is 34.6 Å². The molecule has 0 heterocycles. The molecular weight excluding hydrogens is 202 g/mol. The third kappa shape index (κ3) is 5.25. The number of rotatable bonds is 3. The van der Waals surface area contributed by atoms with Gasteiger partial charge in [-0.25, -0.2) is 4.79 Å². The standard InChI is InChI=1S/C10H19NO2.ClH/c1-7-11(10(4,5)6)13-9(12)8(2)3;/h2,7H2,1,3-6H3;1H. The minimum atomic E-state index is -0.364. The van der Waals surface area contributed by atoms with Crippen LogP contribution in [0.5, 0.6) is 0 Å². The molecule has 4 heteroatoms. The van der Waals surface area contributed by atoms with E-state index >= 15 is 0 Å². The Bertz CT molecular complexity index is 209. The van der Waals surface area contributed by atoms with Gasteiger partial charge in [-0.3, -0.25) is 0 Å². The lowest BCUT2D eigenvalue weighted by Gasteiger charge is -2.32. The van der Waals surface area contributed by atoms with Crippen molar-refractivity contribution >= 4 is 18.4 Å². The van der Waals surface area contributed by atoms with E-state index in [-0.39, 0.29) is 23.9 Å². The van der Waals surface area contributed by atoms with Crippen molar-refractivity contribution < 1.29 is 9.63 Å². The lowest BCUT2D eigenvalue weighted by Crippen LogP contribution is -2.42. The highest BCUT2D eigenvalue weighted by Crippen LogP contribution is 2.14. The minimum absolute atomic E-state index is 0. The molecule has 0 aromatic carbocycles. The van der Waals surface area contributed by atoms with E-state index in [2.05, 4.69) is 6.58 Å². The lowest BCUT2D eigenvalue weighted by molar-refractivity contribution is -0.208. The highest BCUT2D eigenvalue weighted by molar-refractivity contribution is 5.86. The zero-order valence-corrected chi connectivity index (χ0v) is 10.4. The van der Waals surface area contributed by atoms with Crippen molar-refractivity contribution in [1.29, 1.82) is 0 Å². The highest BCUT2D eigenvalue weighted by atomic mass is 35.5. The van der Waals surface area contributed by atoms with Gasteiger partial charge in [0.05, 0.1) is 0 Å². The van der Waals surface area contributed by atoms with Crippen LogP contribution in [0.15, 0.2) is 12.2 Å². The largest absolute Gasteiger partial charge is 0.364 e. The molecule has 0 fully saturated rings. The molecule has 0 aromatic heterocycles. The van der Waals surface area contributed by atoms with Crippen LogP contribution < -0.4 is 0 Å². The Morgan fingerprint density at radius 3 is 2.07 bits per heavy atom. The summed E-state index contributed by atoms with van der Waals surface area (Å²) in [5.74, 6) is -0.364. The number of hydrogen-bond acceptors (Lipinski definition) is 3. The molecule has 0 amide bonds. The van der Waals surface area contributed by atoms with E-state index in [1.165, 1.54) is 0 Å². The molecule has 0 N–H and O–H groups in total. The molecular formula is C10H20ClNO2. The first-order valence-electron chi connectivity index (χ1n) is 4.44. The number of carbonyl (C=O) groups is 1. The van der Waals surface area contributed by atoms with Gasteiger partial charge in [0, 0.05) is 17.7 Å². The van der Waals surface area contributed by atoms with Crippen LogP contribution in [-0.2, 0) is 9.63 Å². The normalized spacial score (nSPS) is 10.7. The molecule has 0 aliphatic rings. The summed E-state index contributed by atoms with van der Waals surface area (Å²) in [7, 11) is 0. The van der Waals surface area contributed by atoms with Crippen LogP contribution in [0.3, 0.4) is 0 Å². The van der Waals surface area contributed by atoms with Gasteiger partial charge < -0.3 is 4.84 Å². The van der Waals surface area contributed by atoms with Crippen molar-refractivity contribution in [3.05, 3.63) is 12.2 Å². The Kier molecular flexibility index (Phi) is 6.86. The zero-order valence-electron chi connectivity index (χ0n) is 9.59. The second-order valence-electron chi connectivity index (χ2n) is 4.02. The minimum Gasteiger partial charge on any atom is -0.364 e. The average molecular weight is 222 g/mol.